The highest BCUT2D eigenvalue weighted by Crippen LogP contribution is 2.29. The first-order chi connectivity index (χ1) is 7.11. The summed E-state index contributed by atoms with van der Waals surface area (Å²) in [7, 11) is 0. The van der Waals surface area contributed by atoms with E-state index in [1.165, 1.54) is 6.92 Å². The summed E-state index contributed by atoms with van der Waals surface area (Å²) in [5.41, 5.74) is 0.924. The zero-order chi connectivity index (χ0) is 11.3. The van der Waals surface area contributed by atoms with Gasteiger partial charge in [0.25, 0.3) is 0 Å². The first-order valence-corrected chi connectivity index (χ1v) is 5.70. The van der Waals surface area contributed by atoms with Gasteiger partial charge in [-0.25, -0.2) is 0 Å². The van der Waals surface area contributed by atoms with Crippen LogP contribution in [0, 0.1) is 0 Å². The van der Waals surface area contributed by atoms with E-state index in [-0.39, 0.29) is 5.91 Å². The first-order valence-electron chi connectivity index (χ1n) is 4.53. The molecule has 0 aliphatic carbocycles. The standard InChI is InChI=1S/C10H12BrClN2O/c1-7(15)13-5-6-14-9-4-2-3-8(12)10(9)11/h2-4,14H,5-6H2,1H3,(H,13,15). The second-order valence-corrected chi connectivity index (χ2v) is 4.21. The van der Waals surface area contributed by atoms with Gasteiger partial charge >= 0.3 is 0 Å². The summed E-state index contributed by atoms with van der Waals surface area (Å²) >= 11 is 9.30. The van der Waals surface area contributed by atoms with Crippen molar-refractivity contribution in [3.8, 4) is 0 Å². The molecular weight excluding hydrogens is 279 g/mol. The Kier molecular flexibility index (Phi) is 4.91. The molecule has 0 spiro atoms. The van der Waals surface area contributed by atoms with Crippen LogP contribution in [0.1, 0.15) is 6.92 Å². The van der Waals surface area contributed by atoms with E-state index in [2.05, 4.69) is 26.6 Å². The van der Waals surface area contributed by atoms with Crippen molar-refractivity contribution in [2.75, 3.05) is 18.4 Å². The van der Waals surface area contributed by atoms with E-state index in [0.29, 0.717) is 18.1 Å². The largest absolute Gasteiger partial charge is 0.382 e. The average molecular weight is 292 g/mol. The SMILES string of the molecule is CC(=O)NCCNc1cccc(Cl)c1Br. The third-order valence-corrected chi connectivity index (χ3v) is 3.16. The summed E-state index contributed by atoms with van der Waals surface area (Å²) in [6.07, 6.45) is 0. The molecule has 0 radical (unpaired) electrons. The summed E-state index contributed by atoms with van der Waals surface area (Å²) in [5, 5.41) is 6.53. The van der Waals surface area contributed by atoms with Gasteiger partial charge < -0.3 is 10.6 Å². The number of benzene rings is 1. The molecule has 1 aromatic rings. The number of amides is 1. The van der Waals surface area contributed by atoms with Crippen molar-refractivity contribution in [3.63, 3.8) is 0 Å². The van der Waals surface area contributed by atoms with Gasteiger partial charge in [0.15, 0.2) is 0 Å². The van der Waals surface area contributed by atoms with Gasteiger partial charge in [-0.15, -0.1) is 0 Å². The molecule has 0 saturated heterocycles. The van der Waals surface area contributed by atoms with Crippen LogP contribution in [0.2, 0.25) is 5.02 Å². The van der Waals surface area contributed by atoms with Crippen molar-refractivity contribution in [1.29, 1.82) is 0 Å². The van der Waals surface area contributed by atoms with Crippen LogP contribution in [0.5, 0.6) is 0 Å². The lowest BCUT2D eigenvalue weighted by Crippen LogP contribution is -2.26. The highest BCUT2D eigenvalue weighted by molar-refractivity contribution is 9.10. The van der Waals surface area contributed by atoms with E-state index < -0.39 is 0 Å². The zero-order valence-electron chi connectivity index (χ0n) is 8.31. The molecule has 0 heterocycles. The fourth-order valence-electron chi connectivity index (χ4n) is 1.08. The van der Waals surface area contributed by atoms with Gasteiger partial charge in [-0.2, -0.15) is 0 Å². The Hall–Kier alpha value is -0.740. The van der Waals surface area contributed by atoms with Gasteiger partial charge in [-0.1, -0.05) is 17.7 Å². The molecule has 15 heavy (non-hydrogen) atoms. The first kappa shape index (κ1) is 12.3. The van der Waals surface area contributed by atoms with E-state index in [9.17, 15) is 4.79 Å². The van der Waals surface area contributed by atoms with Crippen LogP contribution in [-0.4, -0.2) is 19.0 Å². The number of carbonyl (C=O) groups excluding carboxylic acids is 1. The zero-order valence-corrected chi connectivity index (χ0v) is 10.7. The number of nitrogens with one attached hydrogen (secondary N) is 2. The molecule has 0 bridgehead atoms. The lowest BCUT2D eigenvalue weighted by Gasteiger charge is -2.09. The van der Waals surface area contributed by atoms with Crippen LogP contribution in [0.15, 0.2) is 22.7 Å². The number of rotatable bonds is 4. The molecule has 5 heteroatoms. The van der Waals surface area contributed by atoms with Gasteiger partial charge in [-0.05, 0) is 28.1 Å². The predicted octanol–water partition coefficient (Wildman–Crippen LogP) is 2.65. The molecule has 0 atom stereocenters. The number of carbonyl (C=O) groups is 1. The summed E-state index contributed by atoms with van der Waals surface area (Å²) in [6.45, 7) is 2.75. The molecule has 0 fully saturated rings. The molecule has 0 aliphatic rings. The Labute approximate surface area is 102 Å². The lowest BCUT2D eigenvalue weighted by molar-refractivity contribution is -0.118. The van der Waals surface area contributed by atoms with E-state index >= 15 is 0 Å². The fourth-order valence-corrected chi connectivity index (χ4v) is 1.66. The molecule has 0 aliphatic heterocycles. The Balaban J connectivity index is 2.44. The Bertz CT molecular complexity index is 357. The van der Waals surface area contributed by atoms with E-state index in [1.54, 1.807) is 0 Å². The van der Waals surface area contributed by atoms with Gasteiger partial charge in [-0.3, -0.25) is 4.79 Å². The average Bonchev–Trinajstić information content (AvgIpc) is 2.18. The quantitative estimate of drug-likeness (QED) is 0.837. The van der Waals surface area contributed by atoms with Gasteiger partial charge in [0.05, 0.1) is 15.2 Å². The smallest absolute Gasteiger partial charge is 0.216 e. The van der Waals surface area contributed by atoms with E-state index in [1.807, 2.05) is 18.2 Å². The van der Waals surface area contributed by atoms with Crippen LogP contribution in [0.4, 0.5) is 5.69 Å². The molecule has 2 N–H and O–H groups in total. The van der Waals surface area contributed by atoms with Crippen molar-refractivity contribution >= 4 is 39.1 Å². The highest BCUT2D eigenvalue weighted by atomic mass is 79.9. The minimum atomic E-state index is -0.0260. The molecule has 82 valence electrons. The Morgan fingerprint density at radius 1 is 1.47 bits per heavy atom. The van der Waals surface area contributed by atoms with Crippen LogP contribution in [-0.2, 0) is 4.79 Å². The minimum absolute atomic E-state index is 0.0260. The van der Waals surface area contributed by atoms with E-state index in [0.717, 1.165) is 10.2 Å². The number of halogens is 2. The van der Waals surface area contributed by atoms with Crippen molar-refractivity contribution in [2.24, 2.45) is 0 Å². The molecule has 1 rings (SSSR count). The van der Waals surface area contributed by atoms with Crippen LogP contribution >= 0.6 is 27.5 Å². The second kappa shape index (κ2) is 5.98. The van der Waals surface area contributed by atoms with Gasteiger partial charge in [0, 0.05) is 20.0 Å². The number of hydrogen-bond donors (Lipinski definition) is 2. The fraction of sp³-hybridized carbons (Fsp3) is 0.300. The molecule has 0 unspecified atom stereocenters. The van der Waals surface area contributed by atoms with Crippen molar-refractivity contribution in [2.45, 2.75) is 6.92 Å². The summed E-state index contributed by atoms with van der Waals surface area (Å²) < 4.78 is 0.842. The molecule has 3 nitrogen and oxygen atoms in total. The molecule has 0 saturated carbocycles. The maximum absolute atomic E-state index is 10.6. The monoisotopic (exact) mass is 290 g/mol. The maximum Gasteiger partial charge on any atom is 0.216 e. The van der Waals surface area contributed by atoms with Crippen LogP contribution in [0.3, 0.4) is 0 Å². The third-order valence-electron chi connectivity index (χ3n) is 1.77. The van der Waals surface area contributed by atoms with E-state index in [4.69, 9.17) is 11.6 Å². The van der Waals surface area contributed by atoms with Gasteiger partial charge in [0.1, 0.15) is 0 Å². The summed E-state index contributed by atoms with van der Waals surface area (Å²) in [4.78, 5) is 10.6. The Morgan fingerprint density at radius 2 is 2.20 bits per heavy atom. The molecule has 0 aromatic heterocycles. The third kappa shape index (κ3) is 4.10. The summed E-state index contributed by atoms with van der Waals surface area (Å²) in [6, 6.07) is 5.60. The topological polar surface area (TPSA) is 41.1 Å². The maximum atomic E-state index is 10.6. The van der Waals surface area contributed by atoms with Crippen molar-refractivity contribution in [3.05, 3.63) is 27.7 Å². The number of hydrogen-bond acceptors (Lipinski definition) is 2. The minimum Gasteiger partial charge on any atom is -0.382 e. The van der Waals surface area contributed by atoms with Crippen molar-refractivity contribution < 1.29 is 4.79 Å². The molecular formula is C10H12BrClN2O. The lowest BCUT2D eigenvalue weighted by atomic mass is 10.3. The van der Waals surface area contributed by atoms with Gasteiger partial charge in [0.2, 0.25) is 5.91 Å². The Morgan fingerprint density at radius 3 is 2.87 bits per heavy atom. The van der Waals surface area contributed by atoms with Crippen LogP contribution < -0.4 is 10.6 Å². The van der Waals surface area contributed by atoms with Crippen LogP contribution in [0.25, 0.3) is 0 Å². The molecule has 1 amide bonds. The predicted molar refractivity (Wildman–Crippen MR) is 66.3 cm³/mol. The highest BCUT2D eigenvalue weighted by Gasteiger charge is 2.02. The summed E-state index contributed by atoms with van der Waals surface area (Å²) in [5.74, 6) is -0.0260. The van der Waals surface area contributed by atoms with Crippen molar-refractivity contribution in [1.82, 2.24) is 5.32 Å². The molecule has 1 aromatic carbocycles. The second-order valence-electron chi connectivity index (χ2n) is 3.01. The normalized spacial score (nSPS) is 9.80. The number of anilines is 1.